The molecular formula is C25H32N8O3. The van der Waals surface area contributed by atoms with Gasteiger partial charge in [0.25, 0.3) is 0 Å². The van der Waals surface area contributed by atoms with Crippen LogP contribution < -0.4 is 15.0 Å². The van der Waals surface area contributed by atoms with Crippen molar-refractivity contribution in [2.24, 2.45) is 13.0 Å². The molecule has 1 saturated heterocycles. The molecule has 2 fully saturated rings. The first-order valence-electron chi connectivity index (χ1n) is 12.6. The maximum atomic E-state index is 11.4. The summed E-state index contributed by atoms with van der Waals surface area (Å²) in [5.41, 5.74) is 2.97. The molecule has 36 heavy (non-hydrogen) atoms. The van der Waals surface area contributed by atoms with Gasteiger partial charge in [-0.3, -0.25) is 4.79 Å². The molecule has 1 unspecified atom stereocenters. The Kier molecular flexibility index (Phi) is 6.97. The molecular weight excluding hydrogens is 460 g/mol. The number of nitrogens with zero attached hydrogens (tertiary/aromatic N) is 7. The van der Waals surface area contributed by atoms with Crippen molar-refractivity contribution >= 4 is 17.7 Å². The van der Waals surface area contributed by atoms with Gasteiger partial charge < -0.3 is 20.1 Å². The lowest BCUT2D eigenvalue weighted by Gasteiger charge is -2.27. The van der Waals surface area contributed by atoms with Gasteiger partial charge in [-0.05, 0) is 63.6 Å². The number of aryl methyl sites for hydroxylation is 2. The van der Waals surface area contributed by atoms with E-state index < -0.39 is 5.97 Å². The summed E-state index contributed by atoms with van der Waals surface area (Å²) in [6, 6.07) is 5.70. The van der Waals surface area contributed by atoms with Crippen molar-refractivity contribution in [3.8, 4) is 17.1 Å². The van der Waals surface area contributed by atoms with Gasteiger partial charge in [0, 0.05) is 26.3 Å². The van der Waals surface area contributed by atoms with Gasteiger partial charge in [-0.1, -0.05) is 5.21 Å². The standard InChI is InChI=1S/C25H32N8O3/c1-16-21(36-18-7-5-6-17(14-18)24(34)35)9-8-19(28-16)23-20(32(2)31-30-23)15-27-25-26-11-10-22(29-25)33-12-3-4-13-33/h8-11,17-18H,3-7,12-15H2,1-2H3,(H,34,35)(H,26,27,29)/t17?,18-/m0/s1. The summed E-state index contributed by atoms with van der Waals surface area (Å²) < 4.78 is 7.88. The van der Waals surface area contributed by atoms with Crippen molar-refractivity contribution in [2.75, 3.05) is 23.3 Å². The number of anilines is 2. The highest BCUT2D eigenvalue weighted by atomic mass is 16.5. The molecule has 1 aliphatic heterocycles. The molecule has 190 valence electrons. The molecule has 11 nitrogen and oxygen atoms in total. The largest absolute Gasteiger partial charge is 0.489 e. The minimum absolute atomic E-state index is 0.112. The molecule has 1 aliphatic carbocycles. The molecule has 4 heterocycles. The van der Waals surface area contributed by atoms with E-state index >= 15 is 0 Å². The minimum atomic E-state index is -0.745. The van der Waals surface area contributed by atoms with Crippen LogP contribution in [0.2, 0.25) is 0 Å². The Morgan fingerprint density at radius 2 is 2.00 bits per heavy atom. The first kappa shape index (κ1) is 24.0. The smallest absolute Gasteiger partial charge is 0.306 e. The SMILES string of the molecule is Cc1nc(-c2nnn(C)c2CNc2nccc(N3CCCC3)n2)ccc1O[C@H]1CCCC(C(=O)O)C1. The highest BCUT2D eigenvalue weighted by Crippen LogP contribution is 2.30. The van der Waals surface area contributed by atoms with Crippen molar-refractivity contribution < 1.29 is 14.6 Å². The Morgan fingerprint density at radius 1 is 1.17 bits per heavy atom. The van der Waals surface area contributed by atoms with Crippen molar-refractivity contribution in [3.05, 3.63) is 35.8 Å². The molecule has 1 saturated carbocycles. The fourth-order valence-electron chi connectivity index (χ4n) is 4.95. The average Bonchev–Trinajstić information content (AvgIpc) is 3.55. The van der Waals surface area contributed by atoms with Crippen LogP contribution in [0.4, 0.5) is 11.8 Å². The Bertz CT molecular complexity index is 1220. The highest BCUT2D eigenvalue weighted by Gasteiger charge is 2.28. The summed E-state index contributed by atoms with van der Waals surface area (Å²) in [6.45, 7) is 4.39. The fraction of sp³-hybridized carbons (Fsp3) is 0.520. The van der Waals surface area contributed by atoms with E-state index in [4.69, 9.17) is 9.72 Å². The molecule has 3 aromatic heterocycles. The summed E-state index contributed by atoms with van der Waals surface area (Å²) in [5.74, 6) is 1.09. The molecule has 0 radical (unpaired) electrons. The van der Waals surface area contributed by atoms with Gasteiger partial charge in [-0.25, -0.2) is 14.6 Å². The van der Waals surface area contributed by atoms with Gasteiger partial charge >= 0.3 is 5.97 Å². The predicted octanol–water partition coefficient (Wildman–Crippen LogP) is 3.21. The third-order valence-electron chi connectivity index (χ3n) is 6.98. The molecule has 5 rings (SSSR count). The molecule has 11 heteroatoms. The van der Waals surface area contributed by atoms with Crippen LogP contribution in [0.25, 0.3) is 11.4 Å². The summed E-state index contributed by atoms with van der Waals surface area (Å²) in [4.78, 5) is 27.4. The van der Waals surface area contributed by atoms with Gasteiger partial charge in [0.2, 0.25) is 5.95 Å². The third-order valence-corrected chi connectivity index (χ3v) is 6.98. The average molecular weight is 493 g/mol. The Labute approximate surface area is 209 Å². The minimum Gasteiger partial charge on any atom is -0.489 e. The van der Waals surface area contributed by atoms with E-state index in [0.717, 1.165) is 43.1 Å². The second-order valence-electron chi connectivity index (χ2n) is 9.52. The highest BCUT2D eigenvalue weighted by molar-refractivity contribution is 5.70. The molecule has 3 aromatic rings. The van der Waals surface area contributed by atoms with Crippen LogP contribution in [0.5, 0.6) is 5.75 Å². The van der Waals surface area contributed by atoms with Crippen LogP contribution in [-0.4, -0.2) is 60.2 Å². The number of pyridine rings is 1. The molecule has 0 amide bonds. The number of aromatic nitrogens is 6. The van der Waals surface area contributed by atoms with Crippen LogP contribution in [-0.2, 0) is 18.4 Å². The number of carboxylic acids is 1. The summed E-state index contributed by atoms with van der Waals surface area (Å²) in [5, 5.41) is 21.2. The van der Waals surface area contributed by atoms with Gasteiger partial charge in [0.15, 0.2) is 0 Å². The topological polar surface area (TPSA) is 131 Å². The van der Waals surface area contributed by atoms with Gasteiger partial charge in [0.1, 0.15) is 17.3 Å². The lowest BCUT2D eigenvalue weighted by atomic mass is 9.87. The first-order valence-corrected chi connectivity index (χ1v) is 12.6. The zero-order valence-corrected chi connectivity index (χ0v) is 20.7. The van der Waals surface area contributed by atoms with E-state index in [-0.39, 0.29) is 12.0 Å². The Balaban J connectivity index is 1.28. The fourth-order valence-corrected chi connectivity index (χ4v) is 4.95. The van der Waals surface area contributed by atoms with E-state index in [1.54, 1.807) is 10.9 Å². The van der Waals surface area contributed by atoms with Crippen LogP contribution in [0.3, 0.4) is 0 Å². The molecule has 2 atom stereocenters. The number of carbonyl (C=O) groups is 1. The quantitative estimate of drug-likeness (QED) is 0.483. The predicted molar refractivity (Wildman–Crippen MR) is 134 cm³/mol. The van der Waals surface area contributed by atoms with Gasteiger partial charge in [-0.15, -0.1) is 5.10 Å². The van der Waals surface area contributed by atoms with E-state index in [9.17, 15) is 9.90 Å². The lowest BCUT2D eigenvalue weighted by Crippen LogP contribution is -2.29. The molecule has 0 spiro atoms. The van der Waals surface area contributed by atoms with E-state index in [0.29, 0.717) is 42.5 Å². The number of hydrogen-bond donors (Lipinski definition) is 2. The molecule has 0 aromatic carbocycles. The van der Waals surface area contributed by atoms with Gasteiger partial charge in [0.05, 0.1) is 35.6 Å². The van der Waals surface area contributed by atoms with Crippen molar-refractivity contribution in [1.29, 1.82) is 0 Å². The zero-order chi connectivity index (χ0) is 25.1. The third kappa shape index (κ3) is 5.24. The summed E-state index contributed by atoms with van der Waals surface area (Å²) in [7, 11) is 1.85. The van der Waals surface area contributed by atoms with Gasteiger partial charge in [-0.2, -0.15) is 4.98 Å². The van der Waals surface area contributed by atoms with Crippen LogP contribution in [0.15, 0.2) is 24.4 Å². The summed E-state index contributed by atoms with van der Waals surface area (Å²) in [6.07, 6.45) is 6.99. The number of ether oxygens (including phenoxy) is 1. The maximum Gasteiger partial charge on any atom is 0.306 e. The second kappa shape index (κ2) is 10.5. The van der Waals surface area contributed by atoms with Crippen LogP contribution in [0.1, 0.15) is 49.9 Å². The number of aliphatic carboxylic acids is 1. The zero-order valence-electron chi connectivity index (χ0n) is 20.7. The van der Waals surface area contributed by atoms with Crippen LogP contribution in [0, 0.1) is 12.8 Å². The normalized spacial score (nSPS) is 19.9. The number of carboxylic acid groups (broad SMARTS) is 1. The Morgan fingerprint density at radius 3 is 2.78 bits per heavy atom. The monoisotopic (exact) mass is 492 g/mol. The van der Waals surface area contributed by atoms with Crippen molar-refractivity contribution in [3.63, 3.8) is 0 Å². The number of hydrogen-bond acceptors (Lipinski definition) is 9. The van der Waals surface area contributed by atoms with E-state index in [1.807, 2.05) is 32.2 Å². The second-order valence-corrected chi connectivity index (χ2v) is 9.52. The molecule has 0 bridgehead atoms. The van der Waals surface area contributed by atoms with E-state index in [1.165, 1.54) is 12.8 Å². The summed E-state index contributed by atoms with van der Waals surface area (Å²) >= 11 is 0. The maximum absolute atomic E-state index is 11.4. The Hall–Kier alpha value is -3.76. The van der Waals surface area contributed by atoms with Crippen molar-refractivity contribution in [2.45, 2.75) is 58.1 Å². The first-order chi connectivity index (χ1) is 17.5. The lowest BCUT2D eigenvalue weighted by molar-refractivity contribution is -0.143. The number of rotatable bonds is 8. The van der Waals surface area contributed by atoms with Crippen LogP contribution >= 0.6 is 0 Å². The molecule has 2 N–H and O–H groups in total. The number of nitrogens with one attached hydrogen (secondary N) is 1. The van der Waals surface area contributed by atoms with Crippen molar-refractivity contribution in [1.82, 2.24) is 29.9 Å². The molecule has 2 aliphatic rings. The van der Waals surface area contributed by atoms with E-state index in [2.05, 4.69) is 30.5 Å².